The maximum atomic E-state index is 12.1. The summed E-state index contributed by atoms with van der Waals surface area (Å²) in [6.07, 6.45) is 0. The van der Waals surface area contributed by atoms with Crippen molar-refractivity contribution in [2.45, 2.75) is 31.8 Å². The molecule has 0 fully saturated rings. The number of carbonyl (C=O) groups excluding carboxylic acids is 1. The molecule has 5 heteroatoms. The number of rotatable bonds is 4. The molecule has 0 aliphatic rings. The van der Waals surface area contributed by atoms with Crippen molar-refractivity contribution in [3.63, 3.8) is 0 Å². The average Bonchev–Trinajstić information content (AvgIpc) is 2.25. The molecule has 18 heavy (non-hydrogen) atoms. The fraction of sp³-hybridized carbons (Fsp3) is 0.462. The van der Waals surface area contributed by atoms with Crippen LogP contribution in [0.1, 0.15) is 26.3 Å². The van der Waals surface area contributed by atoms with Crippen LogP contribution in [0, 0.1) is 0 Å². The Morgan fingerprint density at radius 2 is 1.72 bits per heavy atom. The van der Waals surface area contributed by atoms with Gasteiger partial charge in [-0.2, -0.15) is 0 Å². The van der Waals surface area contributed by atoms with Gasteiger partial charge < -0.3 is 16.8 Å². The Hall–Kier alpha value is -0.910. The lowest BCUT2D eigenvalue weighted by Crippen LogP contribution is -2.53. The third-order valence-corrected chi connectivity index (χ3v) is 3.15. The van der Waals surface area contributed by atoms with Gasteiger partial charge in [0.25, 0.3) is 0 Å². The third-order valence-electron chi connectivity index (χ3n) is 2.62. The molecule has 0 heterocycles. The van der Waals surface area contributed by atoms with Crippen molar-refractivity contribution < 1.29 is 4.79 Å². The molecule has 100 valence electrons. The number of hydrogen-bond donors (Lipinski definition) is 3. The second-order valence-electron chi connectivity index (χ2n) is 5.38. The molecule has 4 nitrogen and oxygen atoms in total. The minimum absolute atomic E-state index is 0.233. The van der Waals surface area contributed by atoms with E-state index >= 15 is 0 Å². The van der Waals surface area contributed by atoms with Crippen LogP contribution in [0.15, 0.2) is 28.7 Å². The average molecular weight is 314 g/mol. The third kappa shape index (κ3) is 4.08. The van der Waals surface area contributed by atoms with Gasteiger partial charge in [-0.1, -0.05) is 28.1 Å². The van der Waals surface area contributed by atoms with Crippen LogP contribution >= 0.6 is 15.9 Å². The summed E-state index contributed by atoms with van der Waals surface area (Å²) in [5.74, 6) is -0.233. The molecule has 1 unspecified atom stereocenters. The van der Waals surface area contributed by atoms with Gasteiger partial charge in [-0.25, -0.2) is 0 Å². The molecule has 0 aliphatic heterocycles. The van der Waals surface area contributed by atoms with Crippen molar-refractivity contribution in [2.24, 2.45) is 11.5 Å². The van der Waals surface area contributed by atoms with Gasteiger partial charge in [-0.15, -0.1) is 0 Å². The second kappa shape index (κ2) is 5.38. The smallest absolute Gasteiger partial charge is 0.244 e. The van der Waals surface area contributed by atoms with E-state index in [1.807, 2.05) is 38.1 Å². The zero-order valence-corrected chi connectivity index (χ0v) is 12.5. The maximum absolute atomic E-state index is 12.1. The van der Waals surface area contributed by atoms with Crippen LogP contribution in [-0.2, 0) is 10.3 Å². The molecule has 1 rings (SSSR count). The monoisotopic (exact) mass is 313 g/mol. The molecule has 0 saturated heterocycles. The van der Waals surface area contributed by atoms with Crippen LogP contribution in [0.2, 0.25) is 0 Å². The SMILES string of the molecule is CC(C)(N)CNC(=O)C(C)(N)c1ccc(Br)cc1. The first-order valence-corrected chi connectivity index (χ1v) is 6.54. The first kappa shape index (κ1) is 15.1. The van der Waals surface area contributed by atoms with Gasteiger partial charge in [-0.05, 0) is 38.5 Å². The first-order chi connectivity index (χ1) is 8.13. The molecule has 0 aliphatic carbocycles. The Labute approximate surface area is 116 Å². The van der Waals surface area contributed by atoms with E-state index in [-0.39, 0.29) is 5.91 Å². The summed E-state index contributed by atoms with van der Waals surface area (Å²) in [6, 6.07) is 7.38. The number of hydrogen-bond acceptors (Lipinski definition) is 3. The van der Waals surface area contributed by atoms with E-state index in [2.05, 4.69) is 21.2 Å². The predicted octanol–water partition coefficient (Wildman–Crippen LogP) is 1.48. The molecule has 0 bridgehead atoms. The number of benzene rings is 1. The lowest BCUT2D eigenvalue weighted by atomic mass is 9.92. The highest BCUT2D eigenvalue weighted by Crippen LogP contribution is 2.20. The second-order valence-corrected chi connectivity index (χ2v) is 6.30. The number of carbonyl (C=O) groups is 1. The van der Waals surface area contributed by atoms with E-state index < -0.39 is 11.1 Å². The molecule has 0 saturated carbocycles. The van der Waals surface area contributed by atoms with E-state index in [4.69, 9.17) is 11.5 Å². The topological polar surface area (TPSA) is 81.1 Å². The molecule has 1 aromatic rings. The van der Waals surface area contributed by atoms with Crippen LogP contribution in [0.5, 0.6) is 0 Å². The fourth-order valence-electron chi connectivity index (χ4n) is 1.42. The van der Waals surface area contributed by atoms with Crippen LogP contribution < -0.4 is 16.8 Å². The molecule has 0 aromatic heterocycles. The molecule has 0 radical (unpaired) electrons. The highest BCUT2D eigenvalue weighted by atomic mass is 79.9. The maximum Gasteiger partial charge on any atom is 0.244 e. The number of nitrogens with one attached hydrogen (secondary N) is 1. The Bertz CT molecular complexity index is 421. The Morgan fingerprint density at radius 1 is 1.22 bits per heavy atom. The Kier molecular flexibility index (Phi) is 4.53. The van der Waals surface area contributed by atoms with Gasteiger partial charge in [0, 0.05) is 16.6 Å². The molecule has 5 N–H and O–H groups in total. The van der Waals surface area contributed by atoms with E-state index in [9.17, 15) is 4.79 Å². The van der Waals surface area contributed by atoms with Crippen LogP contribution in [0.25, 0.3) is 0 Å². The number of halogens is 1. The van der Waals surface area contributed by atoms with Crippen LogP contribution in [0.3, 0.4) is 0 Å². The highest BCUT2D eigenvalue weighted by molar-refractivity contribution is 9.10. The minimum Gasteiger partial charge on any atom is -0.352 e. The van der Waals surface area contributed by atoms with Gasteiger partial charge in [0.15, 0.2) is 0 Å². The first-order valence-electron chi connectivity index (χ1n) is 5.75. The summed E-state index contributed by atoms with van der Waals surface area (Å²) in [4.78, 5) is 12.1. The largest absolute Gasteiger partial charge is 0.352 e. The van der Waals surface area contributed by atoms with E-state index in [0.717, 1.165) is 10.0 Å². The van der Waals surface area contributed by atoms with Crippen molar-refractivity contribution in [1.29, 1.82) is 0 Å². The summed E-state index contributed by atoms with van der Waals surface area (Å²) in [7, 11) is 0. The van der Waals surface area contributed by atoms with Crippen molar-refractivity contribution in [3.05, 3.63) is 34.3 Å². The van der Waals surface area contributed by atoms with Gasteiger partial charge in [0.2, 0.25) is 5.91 Å². The zero-order valence-electron chi connectivity index (χ0n) is 11.0. The summed E-state index contributed by atoms with van der Waals surface area (Å²) in [5, 5.41) is 2.78. The lowest BCUT2D eigenvalue weighted by Gasteiger charge is -2.27. The number of nitrogens with two attached hydrogens (primary N) is 2. The van der Waals surface area contributed by atoms with Crippen molar-refractivity contribution in [2.75, 3.05) is 6.54 Å². The molecule has 1 aromatic carbocycles. The quantitative estimate of drug-likeness (QED) is 0.787. The molecular formula is C13H20BrN3O. The lowest BCUT2D eigenvalue weighted by molar-refractivity contribution is -0.126. The van der Waals surface area contributed by atoms with Crippen molar-refractivity contribution in [1.82, 2.24) is 5.32 Å². The molecule has 0 spiro atoms. The molecular weight excluding hydrogens is 294 g/mol. The Morgan fingerprint density at radius 3 is 2.17 bits per heavy atom. The van der Waals surface area contributed by atoms with Crippen LogP contribution in [-0.4, -0.2) is 18.0 Å². The van der Waals surface area contributed by atoms with Gasteiger partial charge in [0.05, 0.1) is 0 Å². The summed E-state index contributed by atoms with van der Waals surface area (Å²) >= 11 is 3.35. The predicted molar refractivity (Wildman–Crippen MR) is 77.0 cm³/mol. The summed E-state index contributed by atoms with van der Waals surface area (Å²) in [5.41, 5.74) is 11.2. The number of amides is 1. The molecule has 1 atom stereocenters. The summed E-state index contributed by atoms with van der Waals surface area (Å²) in [6.45, 7) is 5.77. The van der Waals surface area contributed by atoms with Crippen molar-refractivity contribution in [3.8, 4) is 0 Å². The van der Waals surface area contributed by atoms with Gasteiger partial charge >= 0.3 is 0 Å². The highest BCUT2D eigenvalue weighted by Gasteiger charge is 2.31. The fourth-order valence-corrected chi connectivity index (χ4v) is 1.68. The van der Waals surface area contributed by atoms with Crippen LogP contribution in [0.4, 0.5) is 0 Å². The zero-order chi connectivity index (χ0) is 14.0. The Balaban J connectivity index is 2.79. The van der Waals surface area contributed by atoms with Gasteiger partial charge in [-0.3, -0.25) is 4.79 Å². The molecule has 1 amide bonds. The van der Waals surface area contributed by atoms with E-state index in [1.54, 1.807) is 6.92 Å². The minimum atomic E-state index is -1.06. The summed E-state index contributed by atoms with van der Waals surface area (Å²) < 4.78 is 0.950. The van der Waals surface area contributed by atoms with E-state index in [0.29, 0.717) is 6.54 Å². The van der Waals surface area contributed by atoms with Gasteiger partial charge in [0.1, 0.15) is 5.54 Å². The van der Waals surface area contributed by atoms with Crippen molar-refractivity contribution >= 4 is 21.8 Å². The van der Waals surface area contributed by atoms with E-state index in [1.165, 1.54) is 0 Å². The normalized spacial score (nSPS) is 15.0. The standard InChI is InChI=1S/C13H20BrN3O/c1-12(2,15)8-17-11(18)13(3,16)9-4-6-10(14)7-5-9/h4-7H,8,15-16H2,1-3H3,(H,17,18).